The molecule has 0 saturated carbocycles. The van der Waals surface area contributed by atoms with Crippen molar-refractivity contribution in [2.75, 3.05) is 26.3 Å². The van der Waals surface area contributed by atoms with E-state index in [1.807, 2.05) is 12.1 Å². The lowest BCUT2D eigenvalue weighted by molar-refractivity contribution is 0.0729. The van der Waals surface area contributed by atoms with Gasteiger partial charge in [-0.25, -0.2) is 13.2 Å². The standard InChI is InChI=1S/C18H16N2O5S2/c21-18(25-15-5-1-3-13-4-2-6-19-17(13)15)16-11-14(12-26-16)27(22,23)20-7-9-24-10-8-20/h1-6,11-12H,7-10H2. The SMILES string of the molecule is O=C(Oc1cccc2cccnc12)c1cc(S(=O)(=O)N2CCOCC2)cs1. The first kappa shape index (κ1) is 18.1. The van der Waals surface area contributed by atoms with Crippen molar-refractivity contribution in [1.29, 1.82) is 0 Å². The minimum atomic E-state index is -3.64. The number of pyridine rings is 1. The number of esters is 1. The smallest absolute Gasteiger partial charge is 0.353 e. The summed E-state index contributed by atoms with van der Waals surface area (Å²) < 4.78 is 37.4. The van der Waals surface area contributed by atoms with Gasteiger partial charge < -0.3 is 9.47 Å². The first-order chi connectivity index (χ1) is 13.1. The summed E-state index contributed by atoms with van der Waals surface area (Å²) in [5, 5.41) is 2.31. The fourth-order valence-corrected chi connectivity index (χ4v) is 5.35. The van der Waals surface area contributed by atoms with E-state index < -0.39 is 16.0 Å². The molecule has 7 nitrogen and oxygen atoms in total. The first-order valence-electron chi connectivity index (χ1n) is 8.28. The summed E-state index contributed by atoms with van der Waals surface area (Å²) in [6.45, 7) is 1.35. The Hall–Kier alpha value is -2.33. The van der Waals surface area contributed by atoms with Crippen molar-refractivity contribution < 1.29 is 22.7 Å². The Labute approximate surface area is 160 Å². The van der Waals surface area contributed by atoms with Gasteiger partial charge in [0.1, 0.15) is 10.4 Å². The highest BCUT2D eigenvalue weighted by Gasteiger charge is 2.28. The van der Waals surface area contributed by atoms with Crippen LogP contribution in [0.2, 0.25) is 0 Å². The number of fused-ring (bicyclic) bond motifs is 1. The molecule has 1 aromatic carbocycles. The lowest BCUT2D eigenvalue weighted by Gasteiger charge is -2.25. The van der Waals surface area contributed by atoms with Crippen LogP contribution < -0.4 is 4.74 Å². The number of rotatable bonds is 4. The molecule has 1 aliphatic heterocycles. The van der Waals surface area contributed by atoms with Gasteiger partial charge in [-0.15, -0.1) is 11.3 Å². The zero-order valence-corrected chi connectivity index (χ0v) is 15.8. The van der Waals surface area contributed by atoms with Crippen molar-refractivity contribution in [3.63, 3.8) is 0 Å². The van der Waals surface area contributed by atoms with Crippen LogP contribution in [-0.2, 0) is 14.8 Å². The predicted octanol–water partition coefficient (Wildman–Crippen LogP) is 2.54. The van der Waals surface area contributed by atoms with Crippen molar-refractivity contribution in [3.8, 4) is 5.75 Å². The molecule has 2 aromatic heterocycles. The summed E-state index contributed by atoms with van der Waals surface area (Å²) >= 11 is 1.04. The Morgan fingerprint density at radius 1 is 1.19 bits per heavy atom. The molecule has 0 amide bonds. The van der Waals surface area contributed by atoms with E-state index >= 15 is 0 Å². The van der Waals surface area contributed by atoms with Crippen molar-refractivity contribution in [2.45, 2.75) is 4.90 Å². The summed E-state index contributed by atoms with van der Waals surface area (Å²) in [6, 6.07) is 10.3. The summed E-state index contributed by atoms with van der Waals surface area (Å²) in [5.74, 6) is -0.273. The van der Waals surface area contributed by atoms with E-state index in [4.69, 9.17) is 9.47 Å². The van der Waals surface area contributed by atoms with Crippen LogP contribution in [0.4, 0.5) is 0 Å². The molecule has 0 atom stereocenters. The molecule has 0 bridgehead atoms. The number of benzene rings is 1. The number of morpholine rings is 1. The third-order valence-electron chi connectivity index (χ3n) is 4.18. The molecule has 1 saturated heterocycles. The quantitative estimate of drug-likeness (QED) is 0.491. The maximum absolute atomic E-state index is 12.7. The summed E-state index contributed by atoms with van der Waals surface area (Å²) in [4.78, 5) is 17.1. The Balaban J connectivity index is 1.57. The third kappa shape index (κ3) is 3.59. The zero-order chi connectivity index (χ0) is 18.9. The molecular weight excluding hydrogens is 388 g/mol. The highest BCUT2D eigenvalue weighted by molar-refractivity contribution is 7.89. The Bertz CT molecular complexity index is 1080. The van der Waals surface area contributed by atoms with Gasteiger partial charge in [0.25, 0.3) is 0 Å². The number of ether oxygens (including phenoxy) is 2. The van der Waals surface area contributed by atoms with Crippen molar-refractivity contribution in [2.24, 2.45) is 0 Å². The van der Waals surface area contributed by atoms with Gasteiger partial charge >= 0.3 is 5.97 Å². The molecule has 0 N–H and O–H groups in total. The monoisotopic (exact) mass is 404 g/mol. The molecule has 3 heterocycles. The Kier molecular flexibility index (Phi) is 4.92. The van der Waals surface area contributed by atoms with Gasteiger partial charge in [-0.3, -0.25) is 4.98 Å². The van der Waals surface area contributed by atoms with Crippen molar-refractivity contribution in [1.82, 2.24) is 9.29 Å². The average molecular weight is 404 g/mol. The summed E-state index contributed by atoms with van der Waals surface area (Å²) in [6.07, 6.45) is 1.62. The number of hydrogen-bond acceptors (Lipinski definition) is 7. The number of carbonyl (C=O) groups is 1. The number of hydrogen-bond donors (Lipinski definition) is 0. The number of thiophene rings is 1. The number of nitrogens with zero attached hydrogens (tertiary/aromatic N) is 2. The molecule has 0 aliphatic carbocycles. The number of carbonyl (C=O) groups excluding carboxylic acids is 1. The van der Waals surface area contributed by atoms with Gasteiger partial charge in [0, 0.05) is 30.1 Å². The lowest BCUT2D eigenvalue weighted by atomic mass is 10.2. The topological polar surface area (TPSA) is 85.8 Å². The minimum Gasteiger partial charge on any atom is -0.420 e. The average Bonchev–Trinajstić information content (AvgIpc) is 3.20. The lowest BCUT2D eigenvalue weighted by Crippen LogP contribution is -2.40. The van der Waals surface area contributed by atoms with E-state index in [1.165, 1.54) is 15.8 Å². The van der Waals surface area contributed by atoms with E-state index in [-0.39, 0.29) is 9.77 Å². The second-order valence-electron chi connectivity index (χ2n) is 5.88. The van der Waals surface area contributed by atoms with E-state index in [0.29, 0.717) is 37.6 Å². The number of sulfonamides is 1. The zero-order valence-electron chi connectivity index (χ0n) is 14.2. The molecule has 27 heavy (non-hydrogen) atoms. The molecule has 9 heteroatoms. The second-order valence-corrected chi connectivity index (χ2v) is 8.73. The molecule has 1 aliphatic rings. The normalized spacial score (nSPS) is 15.7. The van der Waals surface area contributed by atoms with Crippen LogP contribution in [0.25, 0.3) is 10.9 Å². The highest BCUT2D eigenvalue weighted by atomic mass is 32.2. The highest BCUT2D eigenvalue weighted by Crippen LogP contribution is 2.27. The fraction of sp³-hybridized carbons (Fsp3) is 0.222. The van der Waals surface area contributed by atoms with Crippen LogP contribution in [-0.4, -0.2) is 50.0 Å². The van der Waals surface area contributed by atoms with Gasteiger partial charge in [-0.1, -0.05) is 18.2 Å². The third-order valence-corrected chi connectivity index (χ3v) is 7.12. The maximum Gasteiger partial charge on any atom is 0.353 e. The van der Waals surface area contributed by atoms with Crippen molar-refractivity contribution >= 4 is 38.2 Å². The molecule has 1 fully saturated rings. The van der Waals surface area contributed by atoms with Crippen LogP contribution in [0.1, 0.15) is 9.67 Å². The number of aromatic nitrogens is 1. The van der Waals surface area contributed by atoms with E-state index in [0.717, 1.165) is 16.7 Å². The first-order valence-corrected chi connectivity index (χ1v) is 10.6. The van der Waals surface area contributed by atoms with Crippen LogP contribution >= 0.6 is 11.3 Å². The molecule has 0 spiro atoms. The summed E-state index contributed by atoms with van der Waals surface area (Å²) in [5.41, 5.74) is 0.575. The van der Waals surface area contributed by atoms with Gasteiger partial charge in [0.05, 0.1) is 18.1 Å². The van der Waals surface area contributed by atoms with Crippen molar-refractivity contribution in [3.05, 3.63) is 52.9 Å². The van der Waals surface area contributed by atoms with Gasteiger partial charge in [-0.05, 0) is 18.2 Å². The van der Waals surface area contributed by atoms with Crippen LogP contribution in [0.3, 0.4) is 0 Å². The van der Waals surface area contributed by atoms with E-state index in [2.05, 4.69) is 4.98 Å². The molecule has 0 unspecified atom stereocenters. The molecule has 4 rings (SSSR count). The van der Waals surface area contributed by atoms with E-state index in [1.54, 1.807) is 24.4 Å². The molecule has 0 radical (unpaired) electrons. The van der Waals surface area contributed by atoms with Gasteiger partial charge in [0.2, 0.25) is 10.0 Å². The number of para-hydroxylation sites is 1. The molecular formula is C18H16N2O5S2. The fourth-order valence-electron chi connectivity index (χ4n) is 2.81. The van der Waals surface area contributed by atoms with E-state index in [9.17, 15) is 13.2 Å². The predicted molar refractivity (Wildman–Crippen MR) is 101 cm³/mol. The van der Waals surface area contributed by atoms with Crippen LogP contribution in [0.15, 0.2) is 52.9 Å². The largest absolute Gasteiger partial charge is 0.420 e. The van der Waals surface area contributed by atoms with Crippen LogP contribution in [0.5, 0.6) is 5.75 Å². The minimum absolute atomic E-state index is 0.0948. The Morgan fingerprint density at radius 2 is 1.96 bits per heavy atom. The Morgan fingerprint density at radius 3 is 2.78 bits per heavy atom. The molecule has 3 aromatic rings. The van der Waals surface area contributed by atoms with Crippen LogP contribution in [0, 0.1) is 0 Å². The van der Waals surface area contributed by atoms with Gasteiger partial charge in [-0.2, -0.15) is 4.31 Å². The second kappa shape index (κ2) is 7.35. The summed E-state index contributed by atoms with van der Waals surface area (Å²) in [7, 11) is -3.64. The van der Waals surface area contributed by atoms with Gasteiger partial charge in [0.15, 0.2) is 5.75 Å². The maximum atomic E-state index is 12.7. The molecule has 140 valence electrons.